The highest BCUT2D eigenvalue weighted by atomic mass is 16.3. The average molecular weight is 295 g/mol. The molecular formula is C17H17N3O2. The second-order valence-electron chi connectivity index (χ2n) is 5.18. The van der Waals surface area contributed by atoms with Gasteiger partial charge in [0.15, 0.2) is 5.82 Å². The maximum Gasteiger partial charge on any atom is 0.225 e. The third-order valence-electron chi connectivity index (χ3n) is 3.48. The van der Waals surface area contributed by atoms with Crippen LogP contribution in [0.2, 0.25) is 0 Å². The van der Waals surface area contributed by atoms with E-state index in [0.29, 0.717) is 12.2 Å². The van der Waals surface area contributed by atoms with E-state index >= 15 is 0 Å². The van der Waals surface area contributed by atoms with Crippen LogP contribution in [0, 0.1) is 0 Å². The summed E-state index contributed by atoms with van der Waals surface area (Å²) in [5, 5.41) is 20.4. The van der Waals surface area contributed by atoms with Gasteiger partial charge in [-0.2, -0.15) is 5.10 Å². The highest BCUT2D eigenvalue weighted by Crippen LogP contribution is 2.28. The molecule has 0 spiro atoms. The number of carbonyl (C=O) groups excluding carboxylic acids is 1. The average Bonchev–Trinajstić information content (AvgIpc) is 2.90. The summed E-state index contributed by atoms with van der Waals surface area (Å²) in [7, 11) is 0. The quantitative estimate of drug-likeness (QED) is 0.687. The van der Waals surface area contributed by atoms with E-state index in [4.69, 9.17) is 0 Å². The lowest BCUT2D eigenvalue weighted by Gasteiger charge is -2.03. The Hall–Kier alpha value is -2.82. The van der Waals surface area contributed by atoms with Crippen LogP contribution in [-0.2, 0) is 4.79 Å². The van der Waals surface area contributed by atoms with E-state index < -0.39 is 0 Å². The summed E-state index contributed by atoms with van der Waals surface area (Å²) in [5.74, 6) is 0.749. The lowest BCUT2D eigenvalue weighted by Crippen LogP contribution is -2.10. The number of anilines is 1. The van der Waals surface area contributed by atoms with Gasteiger partial charge in [-0.1, -0.05) is 25.1 Å². The number of H-pyrrole nitrogens is 1. The zero-order valence-electron chi connectivity index (χ0n) is 12.3. The molecule has 1 heterocycles. The van der Waals surface area contributed by atoms with Crippen LogP contribution < -0.4 is 5.32 Å². The van der Waals surface area contributed by atoms with Crippen LogP contribution in [0.1, 0.15) is 19.8 Å². The van der Waals surface area contributed by atoms with Crippen LogP contribution >= 0.6 is 0 Å². The molecule has 3 N–H and O–H groups in total. The number of rotatable bonds is 4. The molecule has 3 rings (SSSR count). The number of nitrogens with one attached hydrogen (secondary N) is 2. The Kier molecular flexibility index (Phi) is 3.78. The van der Waals surface area contributed by atoms with Gasteiger partial charge in [-0.05, 0) is 41.8 Å². The number of phenols is 1. The Morgan fingerprint density at radius 3 is 2.82 bits per heavy atom. The van der Waals surface area contributed by atoms with Gasteiger partial charge >= 0.3 is 0 Å². The van der Waals surface area contributed by atoms with E-state index in [2.05, 4.69) is 15.5 Å². The van der Waals surface area contributed by atoms with Crippen molar-refractivity contribution in [3.63, 3.8) is 0 Å². The lowest BCUT2D eigenvalue weighted by atomic mass is 10.0. The smallest absolute Gasteiger partial charge is 0.225 e. The van der Waals surface area contributed by atoms with Crippen LogP contribution in [-0.4, -0.2) is 21.2 Å². The van der Waals surface area contributed by atoms with Gasteiger partial charge in [-0.3, -0.25) is 9.89 Å². The predicted molar refractivity (Wildman–Crippen MR) is 86.7 cm³/mol. The highest BCUT2D eigenvalue weighted by Gasteiger charge is 2.10. The standard InChI is InChI=1S/C17H17N3O2/c1-2-4-16(22)18-17-14-8-7-12(10-15(14)19-20-17)11-5-3-6-13(21)9-11/h3,5-10,21H,2,4H2,1H3,(H2,18,19,20,22). The Bertz CT molecular complexity index is 824. The molecule has 0 atom stereocenters. The maximum absolute atomic E-state index is 11.7. The number of fused-ring (bicyclic) bond motifs is 1. The summed E-state index contributed by atoms with van der Waals surface area (Å²) >= 11 is 0. The largest absolute Gasteiger partial charge is 0.508 e. The van der Waals surface area contributed by atoms with Crippen molar-refractivity contribution in [2.75, 3.05) is 5.32 Å². The Labute approximate surface area is 128 Å². The second kappa shape index (κ2) is 5.89. The number of carbonyl (C=O) groups is 1. The molecule has 0 unspecified atom stereocenters. The maximum atomic E-state index is 11.7. The van der Waals surface area contributed by atoms with Gasteiger partial charge in [0.05, 0.1) is 5.52 Å². The van der Waals surface area contributed by atoms with Gasteiger partial charge in [0.2, 0.25) is 5.91 Å². The molecule has 1 aromatic heterocycles. The minimum absolute atomic E-state index is 0.0343. The molecule has 0 fully saturated rings. The molecule has 1 amide bonds. The van der Waals surface area contributed by atoms with Crippen LogP contribution in [0.3, 0.4) is 0 Å². The normalized spacial score (nSPS) is 10.8. The predicted octanol–water partition coefficient (Wildman–Crippen LogP) is 3.67. The molecule has 0 bridgehead atoms. The number of benzene rings is 2. The molecule has 3 aromatic rings. The van der Waals surface area contributed by atoms with Gasteiger partial charge in [0.1, 0.15) is 5.75 Å². The molecule has 0 radical (unpaired) electrons. The van der Waals surface area contributed by atoms with E-state index in [1.807, 2.05) is 31.2 Å². The molecular weight excluding hydrogens is 278 g/mol. The number of hydrogen-bond donors (Lipinski definition) is 3. The van der Waals surface area contributed by atoms with Crippen molar-refractivity contribution >= 4 is 22.6 Å². The SMILES string of the molecule is CCCC(=O)Nc1n[nH]c2cc(-c3cccc(O)c3)ccc12. The first-order valence-corrected chi connectivity index (χ1v) is 7.25. The van der Waals surface area contributed by atoms with E-state index in [-0.39, 0.29) is 11.7 Å². The van der Waals surface area contributed by atoms with Crippen LogP contribution in [0.25, 0.3) is 22.0 Å². The molecule has 5 heteroatoms. The fourth-order valence-electron chi connectivity index (χ4n) is 2.40. The van der Waals surface area contributed by atoms with E-state index in [1.165, 1.54) is 0 Å². The first kappa shape index (κ1) is 14.1. The fraction of sp³-hybridized carbons (Fsp3) is 0.176. The van der Waals surface area contributed by atoms with Crippen molar-refractivity contribution in [2.45, 2.75) is 19.8 Å². The first-order chi connectivity index (χ1) is 10.7. The van der Waals surface area contributed by atoms with Crippen molar-refractivity contribution in [3.8, 4) is 16.9 Å². The van der Waals surface area contributed by atoms with Crippen molar-refractivity contribution in [2.24, 2.45) is 0 Å². The Morgan fingerprint density at radius 1 is 1.23 bits per heavy atom. The summed E-state index contributed by atoms with van der Waals surface area (Å²) in [6, 6.07) is 12.9. The zero-order chi connectivity index (χ0) is 15.5. The van der Waals surface area contributed by atoms with Crippen molar-refractivity contribution in [1.82, 2.24) is 10.2 Å². The summed E-state index contributed by atoms with van der Waals surface area (Å²) in [5.41, 5.74) is 2.74. The summed E-state index contributed by atoms with van der Waals surface area (Å²) in [6.45, 7) is 1.96. The molecule has 0 saturated carbocycles. The monoisotopic (exact) mass is 295 g/mol. The Balaban J connectivity index is 1.94. The van der Waals surface area contributed by atoms with Crippen LogP contribution in [0.4, 0.5) is 5.82 Å². The number of nitrogens with zero attached hydrogens (tertiary/aromatic N) is 1. The minimum Gasteiger partial charge on any atom is -0.508 e. The van der Waals surface area contributed by atoms with Gasteiger partial charge in [-0.25, -0.2) is 0 Å². The van der Waals surface area contributed by atoms with E-state index in [0.717, 1.165) is 28.5 Å². The van der Waals surface area contributed by atoms with Gasteiger partial charge < -0.3 is 10.4 Å². The number of aromatic amines is 1. The summed E-state index contributed by atoms with van der Waals surface area (Å²) in [4.78, 5) is 11.7. The number of aromatic nitrogens is 2. The van der Waals surface area contributed by atoms with Gasteiger partial charge in [0.25, 0.3) is 0 Å². The first-order valence-electron chi connectivity index (χ1n) is 7.25. The number of phenolic OH excluding ortho intramolecular Hbond substituents is 1. The molecule has 22 heavy (non-hydrogen) atoms. The van der Waals surface area contributed by atoms with Crippen LogP contribution in [0.5, 0.6) is 5.75 Å². The highest BCUT2D eigenvalue weighted by molar-refractivity contribution is 6.00. The van der Waals surface area contributed by atoms with Crippen molar-refractivity contribution in [3.05, 3.63) is 42.5 Å². The van der Waals surface area contributed by atoms with Crippen molar-refractivity contribution in [1.29, 1.82) is 0 Å². The van der Waals surface area contributed by atoms with Crippen LogP contribution in [0.15, 0.2) is 42.5 Å². The zero-order valence-corrected chi connectivity index (χ0v) is 12.3. The molecule has 112 valence electrons. The van der Waals surface area contributed by atoms with Crippen molar-refractivity contribution < 1.29 is 9.90 Å². The molecule has 0 aliphatic carbocycles. The molecule has 0 aliphatic rings. The summed E-state index contributed by atoms with van der Waals surface area (Å²) < 4.78 is 0. The van der Waals surface area contributed by atoms with E-state index in [9.17, 15) is 9.90 Å². The van der Waals surface area contributed by atoms with Gasteiger partial charge in [-0.15, -0.1) is 0 Å². The lowest BCUT2D eigenvalue weighted by molar-refractivity contribution is -0.116. The summed E-state index contributed by atoms with van der Waals surface area (Å²) in [6.07, 6.45) is 1.28. The number of hydrogen-bond acceptors (Lipinski definition) is 3. The molecule has 2 aromatic carbocycles. The molecule has 5 nitrogen and oxygen atoms in total. The fourth-order valence-corrected chi connectivity index (χ4v) is 2.40. The second-order valence-corrected chi connectivity index (χ2v) is 5.18. The third kappa shape index (κ3) is 2.79. The molecule has 0 aliphatic heterocycles. The van der Waals surface area contributed by atoms with Gasteiger partial charge in [0, 0.05) is 11.8 Å². The minimum atomic E-state index is -0.0343. The molecule has 0 saturated heterocycles. The topological polar surface area (TPSA) is 78.0 Å². The number of amides is 1. The van der Waals surface area contributed by atoms with E-state index in [1.54, 1.807) is 18.2 Å². The Morgan fingerprint density at radius 2 is 2.05 bits per heavy atom. The third-order valence-corrected chi connectivity index (χ3v) is 3.48. The number of aromatic hydroxyl groups is 1.